The summed E-state index contributed by atoms with van der Waals surface area (Å²) in [5.74, 6) is -0.319. The maximum absolute atomic E-state index is 14.8. The number of benzene rings is 3. The van der Waals surface area contributed by atoms with Gasteiger partial charge >= 0.3 is 0 Å². The molecule has 2 nitrogen and oxygen atoms in total. The molecule has 0 atom stereocenters. The Hall–Kier alpha value is -3.27. The lowest BCUT2D eigenvalue weighted by atomic mass is 9.96. The van der Waals surface area contributed by atoms with Crippen molar-refractivity contribution in [1.29, 1.82) is 0 Å². The number of para-hydroxylation sites is 1. The third-order valence-corrected chi connectivity index (χ3v) is 5.38. The van der Waals surface area contributed by atoms with E-state index in [-0.39, 0.29) is 5.82 Å². The summed E-state index contributed by atoms with van der Waals surface area (Å²) in [7, 11) is 0. The largest absolute Gasteiger partial charge is 0.268 e. The van der Waals surface area contributed by atoms with Crippen LogP contribution in [0.4, 0.5) is 8.78 Å². The first kappa shape index (κ1) is 16.9. The predicted octanol–water partition coefficient (Wildman–Crippen LogP) is 6.71. The second-order valence-corrected chi connectivity index (χ2v) is 7.41. The molecule has 0 aliphatic heterocycles. The first-order valence-electron chi connectivity index (χ1n) is 9.32. The molecular weight excluding hydrogens is 354 g/mol. The Morgan fingerprint density at radius 3 is 2.39 bits per heavy atom. The van der Waals surface area contributed by atoms with Crippen LogP contribution in [0.2, 0.25) is 0 Å². The molecule has 0 N–H and O–H groups in total. The van der Waals surface area contributed by atoms with E-state index < -0.39 is 5.95 Å². The summed E-state index contributed by atoms with van der Waals surface area (Å²) in [4.78, 5) is 4.26. The van der Waals surface area contributed by atoms with Gasteiger partial charge in [0.1, 0.15) is 11.5 Å². The van der Waals surface area contributed by atoms with Gasteiger partial charge in [-0.3, -0.25) is 4.40 Å². The summed E-state index contributed by atoms with van der Waals surface area (Å²) in [5.41, 5.74) is 4.31. The van der Waals surface area contributed by atoms with Crippen molar-refractivity contribution in [3.8, 4) is 11.1 Å². The van der Waals surface area contributed by atoms with E-state index in [0.717, 1.165) is 27.3 Å². The minimum absolute atomic E-state index is 0.322. The monoisotopic (exact) mass is 372 g/mol. The van der Waals surface area contributed by atoms with Crippen LogP contribution in [0.1, 0.15) is 25.3 Å². The van der Waals surface area contributed by atoms with Gasteiger partial charge in [0.25, 0.3) is 0 Å². The summed E-state index contributed by atoms with van der Waals surface area (Å²) < 4.78 is 30.3. The molecular formula is C24H18F2N2. The van der Waals surface area contributed by atoms with Crippen molar-refractivity contribution >= 4 is 27.3 Å². The van der Waals surface area contributed by atoms with E-state index in [9.17, 15) is 8.78 Å². The van der Waals surface area contributed by atoms with Crippen molar-refractivity contribution in [2.24, 2.45) is 0 Å². The van der Waals surface area contributed by atoms with Crippen LogP contribution in [-0.2, 0) is 0 Å². The van der Waals surface area contributed by atoms with E-state index >= 15 is 0 Å². The summed E-state index contributed by atoms with van der Waals surface area (Å²) in [6.07, 6.45) is 1.22. The molecule has 0 unspecified atom stereocenters. The Bertz CT molecular complexity index is 1350. The molecule has 2 heterocycles. The molecule has 2 aromatic heterocycles. The number of pyridine rings is 1. The van der Waals surface area contributed by atoms with Crippen molar-refractivity contribution in [1.82, 2.24) is 9.38 Å². The molecule has 0 amide bonds. The van der Waals surface area contributed by atoms with Gasteiger partial charge in [-0.25, -0.2) is 9.37 Å². The lowest BCUT2D eigenvalue weighted by Crippen LogP contribution is -1.97. The van der Waals surface area contributed by atoms with Crippen LogP contribution >= 0.6 is 0 Å². The fourth-order valence-corrected chi connectivity index (χ4v) is 3.95. The zero-order valence-electron chi connectivity index (χ0n) is 15.6. The van der Waals surface area contributed by atoms with E-state index in [2.05, 4.69) is 43.1 Å². The minimum atomic E-state index is -0.433. The molecule has 28 heavy (non-hydrogen) atoms. The number of nitrogens with zero attached hydrogens (tertiary/aromatic N) is 2. The minimum Gasteiger partial charge on any atom is -0.268 e. The molecule has 3 aromatic carbocycles. The maximum atomic E-state index is 14.8. The van der Waals surface area contributed by atoms with E-state index in [1.807, 2.05) is 18.2 Å². The summed E-state index contributed by atoms with van der Waals surface area (Å²) in [5, 5.41) is 2.25. The molecule has 0 bridgehead atoms. The maximum Gasteiger partial charge on any atom is 0.218 e. The SMILES string of the molecule is CC(C)c1ccc(-c2cccc3c4cc(F)ccc4c4ncc(F)n4c23)cc1. The fraction of sp³-hybridized carbons (Fsp3) is 0.125. The molecule has 0 aliphatic carbocycles. The number of fused-ring (bicyclic) bond motifs is 6. The van der Waals surface area contributed by atoms with Crippen LogP contribution in [0.5, 0.6) is 0 Å². The molecule has 138 valence electrons. The van der Waals surface area contributed by atoms with Gasteiger partial charge in [-0.15, -0.1) is 0 Å². The summed E-state index contributed by atoms with van der Waals surface area (Å²) >= 11 is 0. The normalized spacial score (nSPS) is 11.9. The van der Waals surface area contributed by atoms with Crippen LogP contribution < -0.4 is 0 Å². The molecule has 0 saturated heterocycles. The summed E-state index contributed by atoms with van der Waals surface area (Å²) in [6.45, 7) is 4.30. The van der Waals surface area contributed by atoms with E-state index in [1.165, 1.54) is 28.3 Å². The summed E-state index contributed by atoms with van der Waals surface area (Å²) in [6, 6.07) is 18.7. The molecule has 0 aliphatic rings. The van der Waals surface area contributed by atoms with Gasteiger partial charge in [-0.2, -0.15) is 4.39 Å². The van der Waals surface area contributed by atoms with Crippen molar-refractivity contribution in [3.63, 3.8) is 0 Å². The Morgan fingerprint density at radius 2 is 1.64 bits per heavy atom. The van der Waals surface area contributed by atoms with Crippen LogP contribution in [0, 0.1) is 11.8 Å². The van der Waals surface area contributed by atoms with E-state index in [1.54, 1.807) is 6.07 Å². The third-order valence-electron chi connectivity index (χ3n) is 5.38. The number of aromatic nitrogens is 2. The standard InChI is InChI=1S/C24H18F2N2/c1-14(2)15-6-8-16(9-7-15)18-4-3-5-19-21-12-17(25)10-11-20(21)24-27-13-22(26)28(24)23(18)19/h3-14H,1-2H3. The first-order valence-corrected chi connectivity index (χ1v) is 9.32. The Balaban J connectivity index is 1.94. The molecule has 0 spiro atoms. The van der Waals surface area contributed by atoms with Crippen molar-refractivity contribution < 1.29 is 8.78 Å². The zero-order valence-corrected chi connectivity index (χ0v) is 15.6. The fourth-order valence-electron chi connectivity index (χ4n) is 3.95. The number of rotatable bonds is 2. The number of hydrogen-bond acceptors (Lipinski definition) is 1. The highest BCUT2D eigenvalue weighted by atomic mass is 19.1. The highest BCUT2D eigenvalue weighted by Crippen LogP contribution is 2.36. The second-order valence-electron chi connectivity index (χ2n) is 7.41. The first-order chi connectivity index (χ1) is 13.5. The van der Waals surface area contributed by atoms with Crippen molar-refractivity contribution in [3.05, 3.63) is 84.2 Å². The Morgan fingerprint density at radius 1 is 0.857 bits per heavy atom. The third kappa shape index (κ3) is 2.41. The van der Waals surface area contributed by atoms with Crippen LogP contribution in [0.15, 0.2) is 66.9 Å². The number of hydrogen-bond donors (Lipinski definition) is 0. The van der Waals surface area contributed by atoms with E-state index in [4.69, 9.17) is 0 Å². The molecule has 5 aromatic rings. The van der Waals surface area contributed by atoms with Gasteiger partial charge in [-0.05, 0) is 40.6 Å². The lowest BCUT2D eigenvalue weighted by Gasteiger charge is -2.14. The van der Waals surface area contributed by atoms with Crippen LogP contribution in [0.3, 0.4) is 0 Å². The van der Waals surface area contributed by atoms with Gasteiger partial charge in [0, 0.05) is 16.3 Å². The van der Waals surface area contributed by atoms with Gasteiger partial charge in [0.05, 0.1) is 11.7 Å². The Labute approximate surface area is 161 Å². The zero-order chi connectivity index (χ0) is 19.4. The number of imidazole rings is 1. The van der Waals surface area contributed by atoms with E-state index in [0.29, 0.717) is 17.1 Å². The van der Waals surface area contributed by atoms with Crippen LogP contribution in [0.25, 0.3) is 38.4 Å². The molecule has 0 saturated carbocycles. The number of halogens is 2. The average molecular weight is 372 g/mol. The smallest absolute Gasteiger partial charge is 0.218 e. The molecule has 0 radical (unpaired) electrons. The van der Waals surface area contributed by atoms with Gasteiger partial charge in [-0.1, -0.05) is 56.3 Å². The van der Waals surface area contributed by atoms with Crippen molar-refractivity contribution in [2.45, 2.75) is 19.8 Å². The van der Waals surface area contributed by atoms with Gasteiger partial charge in [0.15, 0.2) is 0 Å². The second kappa shape index (κ2) is 6.13. The molecule has 0 fully saturated rings. The Kier molecular flexibility index (Phi) is 3.69. The topological polar surface area (TPSA) is 17.3 Å². The average Bonchev–Trinajstić information content (AvgIpc) is 3.09. The quantitative estimate of drug-likeness (QED) is 0.315. The van der Waals surface area contributed by atoms with Crippen LogP contribution in [-0.4, -0.2) is 9.38 Å². The highest BCUT2D eigenvalue weighted by molar-refractivity contribution is 6.14. The van der Waals surface area contributed by atoms with Gasteiger partial charge in [0.2, 0.25) is 5.95 Å². The molecule has 5 rings (SSSR count). The van der Waals surface area contributed by atoms with Crippen molar-refractivity contribution in [2.75, 3.05) is 0 Å². The lowest BCUT2D eigenvalue weighted by molar-refractivity contribution is 0.579. The highest BCUT2D eigenvalue weighted by Gasteiger charge is 2.17. The predicted molar refractivity (Wildman–Crippen MR) is 110 cm³/mol. The van der Waals surface area contributed by atoms with Gasteiger partial charge < -0.3 is 0 Å². The molecule has 4 heteroatoms.